The Morgan fingerprint density at radius 1 is 1.59 bits per heavy atom. The Morgan fingerprint density at radius 3 is 2.82 bits per heavy atom. The van der Waals surface area contributed by atoms with Crippen LogP contribution in [0.3, 0.4) is 0 Å². The maximum absolute atomic E-state index is 12.0. The van der Waals surface area contributed by atoms with Gasteiger partial charge in [-0.15, -0.1) is 0 Å². The van der Waals surface area contributed by atoms with E-state index in [-0.39, 0.29) is 17.8 Å². The van der Waals surface area contributed by atoms with Crippen molar-refractivity contribution in [2.45, 2.75) is 33.2 Å². The molecule has 0 saturated carbocycles. The molecule has 2 atom stereocenters. The van der Waals surface area contributed by atoms with Crippen molar-refractivity contribution in [3.8, 4) is 0 Å². The second-order valence-electron chi connectivity index (χ2n) is 4.24. The maximum atomic E-state index is 12.0. The number of nitrogens with zero attached hydrogens (tertiary/aromatic N) is 1. The molecule has 0 radical (unpaired) electrons. The summed E-state index contributed by atoms with van der Waals surface area (Å²) in [6.07, 6.45) is 2.40. The zero-order chi connectivity index (χ0) is 13.0. The zero-order valence-electron chi connectivity index (χ0n) is 10.3. The topological polar surface area (TPSA) is 68.0 Å². The van der Waals surface area contributed by atoms with Crippen LogP contribution in [0.4, 0.5) is 5.82 Å². The van der Waals surface area contributed by atoms with Crippen molar-refractivity contribution in [2.75, 3.05) is 5.73 Å². The highest BCUT2D eigenvalue weighted by atomic mass is 35.5. The molecule has 1 aromatic rings. The van der Waals surface area contributed by atoms with Gasteiger partial charge in [0.15, 0.2) is 0 Å². The number of amides is 1. The molecule has 1 heterocycles. The lowest BCUT2D eigenvalue weighted by Crippen LogP contribution is -2.37. The maximum Gasteiger partial charge on any atom is 0.253 e. The van der Waals surface area contributed by atoms with Crippen molar-refractivity contribution >= 4 is 23.3 Å². The second kappa shape index (κ2) is 5.87. The van der Waals surface area contributed by atoms with E-state index >= 15 is 0 Å². The Labute approximate surface area is 107 Å². The third-order valence-electron chi connectivity index (χ3n) is 2.98. The van der Waals surface area contributed by atoms with Crippen LogP contribution in [0.2, 0.25) is 5.02 Å². The molecule has 4 nitrogen and oxygen atoms in total. The molecule has 0 aromatic carbocycles. The fourth-order valence-corrected chi connectivity index (χ4v) is 1.60. The lowest BCUT2D eigenvalue weighted by atomic mass is 10.0. The first-order valence-corrected chi connectivity index (χ1v) is 6.05. The van der Waals surface area contributed by atoms with Gasteiger partial charge in [0.1, 0.15) is 5.82 Å². The highest BCUT2D eigenvalue weighted by molar-refractivity contribution is 6.33. The molecular formula is C12H18ClN3O. The molecule has 0 aliphatic heterocycles. The lowest BCUT2D eigenvalue weighted by molar-refractivity contribution is 0.0928. The van der Waals surface area contributed by atoms with Crippen molar-refractivity contribution in [3.63, 3.8) is 0 Å². The Hall–Kier alpha value is -1.29. The normalized spacial score (nSPS) is 14.1. The number of rotatable bonds is 4. The van der Waals surface area contributed by atoms with Gasteiger partial charge in [0.25, 0.3) is 5.91 Å². The van der Waals surface area contributed by atoms with Gasteiger partial charge in [0.2, 0.25) is 0 Å². The third kappa shape index (κ3) is 3.60. The highest BCUT2D eigenvalue weighted by Crippen LogP contribution is 2.17. The van der Waals surface area contributed by atoms with Crippen LogP contribution in [0.15, 0.2) is 12.3 Å². The Morgan fingerprint density at radius 2 is 2.24 bits per heavy atom. The summed E-state index contributed by atoms with van der Waals surface area (Å²) in [5, 5.41) is 3.22. The number of nitrogen functional groups attached to an aromatic ring is 1. The van der Waals surface area contributed by atoms with Crippen LogP contribution in [0.25, 0.3) is 0 Å². The number of aromatic nitrogens is 1. The molecule has 1 rings (SSSR count). The van der Waals surface area contributed by atoms with E-state index in [1.54, 1.807) is 0 Å². The smallest absolute Gasteiger partial charge is 0.253 e. The summed E-state index contributed by atoms with van der Waals surface area (Å²) in [4.78, 5) is 15.8. The summed E-state index contributed by atoms with van der Waals surface area (Å²) >= 11 is 5.91. The average Bonchev–Trinajstić information content (AvgIpc) is 2.30. The number of nitrogens with two attached hydrogens (primary N) is 1. The number of anilines is 1. The Bertz CT molecular complexity index is 409. The SMILES string of the molecule is CCC(C)C(C)NC(=O)c1cc(N)ncc1Cl. The zero-order valence-corrected chi connectivity index (χ0v) is 11.1. The van der Waals surface area contributed by atoms with Crippen LogP contribution in [-0.4, -0.2) is 16.9 Å². The van der Waals surface area contributed by atoms with Crippen LogP contribution >= 0.6 is 11.6 Å². The van der Waals surface area contributed by atoms with Crippen molar-refractivity contribution < 1.29 is 4.79 Å². The molecule has 94 valence electrons. The van der Waals surface area contributed by atoms with Crippen LogP contribution < -0.4 is 11.1 Å². The molecular weight excluding hydrogens is 238 g/mol. The molecule has 5 heteroatoms. The Kier molecular flexibility index (Phi) is 4.75. The van der Waals surface area contributed by atoms with E-state index in [9.17, 15) is 4.79 Å². The fraction of sp³-hybridized carbons (Fsp3) is 0.500. The van der Waals surface area contributed by atoms with Crippen LogP contribution in [-0.2, 0) is 0 Å². The Balaban J connectivity index is 2.79. The molecule has 0 bridgehead atoms. The monoisotopic (exact) mass is 255 g/mol. The predicted molar refractivity (Wildman–Crippen MR) is 70.0 cm³/mol. The minimum atomic E-state index is -0.211. The van der Waals surface area contributed by atoms with Crippen molar-refractivity contribution in [1.29, 1.82) is 0 Å². The van der Waals surface area contributed by atoms with E-state index in [1.807, 2.05) is 6.92 Å². The minimum Gasteiger partial charge on any atom is -0.384 e. The van der Waals surface area contributed by atoms with Gasteiger partial charge in [-0.2, -0.15) is 0 Å². The van der Waals surface area contributed by atoms with Crippen molar-refractivity contribution in [3.05, 3.63) is 22.8 Å². The number of hydrogen-bond donors (Lipinski definition) is 2. The van der Waals surface area contributed by atoms with Gasteiger partial charge < -0.3 is 11.1 Å². The summed E-state index contributed by atoms with van der Waals surface area (Å²) < 4.78 is 0. The first-order valence-electron chi connectivity index (χ1n) is 5.67. The molecule has 2 unspecified atom stereocenters. The molecule has 17 heavy (non-hydrogen) atoms. The van der Waals surface area contributed by atoms with Crippen LogP contribution in [0.1, 0.15) is 37.6 Å². The van der Waals surface area contributed by atoms with E-state index in [0.717, 1.165) is 6.42 Å². The quantitative estimate of drug-likeness (QED) is 0.869. The number of hydrogen-bond acceptors (Lipinski definition) is 3. The number of carbonyl (C=O) groups is 1. The van der Waals surface area contributed by atoms with Gasteiger partial charge in [0.05, 0.1) is 10.6 Å². The number of nitrogens with one attached hydrogen (secondary N) is 1. The first-order chi connectivity index (χ1) is 7.95. The van der Waals surface area contributed by atoms with Crippen LogP contribution in [0, 0.1) is 5.92 Å². The van der Waals surface area contributed by atoms with Crippen molar-refractivity contribution in [2.24, 2.45) is 5.92 Å². The van der Waals surface area contributed by atoms with Gasteiger partial charge in [0, 0.05) is 12.2 Å². The summed E-state index contributed by atoms with van der Waals surface area (Å²) in [6.45, 7) is 6.16. The molecule has 0 saturated heterocycles. The van der Waals surface area contributed by atoms with Gasteiger partial charge >= 0.3 is 0 Å². The predicted octanol–water partition coefficient (Wildman–Crippen LogP) is 2.48. The second-order valence-corrected chi connectivity index (χ2v) is 4.64. The number of pyridine rings is 1. The van der Waals surface area contributed by atoms with E-state index in [2.05, 4.69) is 24.1 Å². The summed E-state index contributed by atoms with van der Waals surface area (Å²) in [7, 11) is 0. The van der Waals surface area contributed by atoms with Gasteiger partial charge in [-0.3, -0.25) is 4.79 Å². The standard InChI is InChI=1S/C12H18ClN3O/c1-4-7(2)8(3)16-12(17)9-5-11(14)15-6-10(9)13/h5-8H,4H2,1-3H3,(H2,14,15)(H,16,17). The third-order valence-corrected chi connectivity index (χ3v) is 3.28. The summed E-state index contributed by atoms with van der Waals surface area (Å²) in [5.41, 5.74) is 5.90. The average molecular weight is 256 g/mol. The number of halogens is 1. The van der Waals surface area contributed by atoms with Gasteiger partial charge in [-0.25, -0.2) is 4.98 Å². The molecule has 0 aliphatic carbocycles. The lowest BCUT2D eigenvalue weighted by Gasteiger charge is -2.20. The van der Waals surface area contributed by atoms with Crippen molar-refractivity contribution in [1.82, 2.24) is 10.3 Å². The van der Waals surface area contributed by atoms with E-state index < -0.39 is 0 Å². The van der Waals surface area contributed by atoms with E-state index in [4.69, 9.17) is 17.3 Å². The molecule has 1 amide bonds. The van der Waals surface area contributed by atoms with E-state index in [1.165, 1.54) is 12.3 Å². The molecule has 0 spiro atoms. The highest BCUT2D eigenvalue weighted by Gasteiger charge is 2.16. The molecule has 3 N–H and O–H groups in total. The largest absolute Gasteiger partial charge is 0.384 e. The summed E-state index contributed by atoms with van der Waals surface area (Å²) in [6, 6.07) is 1.58. The number of carbonyl (C=O) groups excluding carboxylic acids is 1. The van der Waals surface area contributed by atoms with Crippen LogP contribution in [0.5, 0.6) is 0 Å². The first kappa shape index (κ1) is 13.8. The van der Waals surface area contributed by atoms with Gasteiger partial charge in [-0.1, -0.05) is 31.9 Å². The summed E-state index contributed by atoms with van der Waals surface area (Å²) in [5.74, 6) is 0.490. The minimum absolute atomic E-state index is 0.0953. The molecule has 0 aliphatic rings. The fourth-order valence-electron chi connectivity index (χ4n) is 1.41. The van der Waals surface area contributed by atoms with E-state index in [0.29, 0.717) is 16.5 Å². The molecule has 0 fully saturated rings. The molecule has 1 aromatic heterocycles. The van der Waals surface area contributed by atoms with Gasteiger partial charge in [-0.05, 0) is 18.9 Å².